The molecule has 0 amide bonds. The van der Waals surface area contributed by atoms with Gasteiger partial charge in [0.25, 0.3) is 0 Å². The van der Waals surface area contributed by atoms with Crippen LogP contribution in [0.4, 0.5) is 0 Å². The Balaban J connectivity index is 2.44. The van der Waals surface area contributed by atoms with E-state index < -0.39 is 0 Å². The molecule has 2 nitrogen and oxygen atoms in total. The molecule has 0 heterocycles. The van der Waals surface area contributed by atoms with E-state index in [0.717, 1.165) is 44.1 Å². The minimum Gasteiger partial charge on any atom is -0.457 e. The van der Waals surface area contributed by atoms with Crippen molar-refractivity contribution in [1.29, 1.82) is 0 Å². The largest absolute Gasteiger partial charge is 0.457 e. The molecule has 36 heavy (non-hydrogen) atoms. The number of rotatable bonds is 25. The second-order valence-corrected chi connectivity index (χ2v) is 11.1. The lowest BCUT2D eigenvalue weighted by atomic mass is 9.93. The van der Waals surface area contributed by atoms with Gasteiger partial charge in [-0.3, -0.25) is 4.79 Å². The molecule has 1 aromatic rings. The molecule has 0 aromatic heterocycles. The summed E-state index contributed by atoms with van der Waals surface area (Å²) in [6.45, 7) is 6.73. The summed E-state index contributed by atoms with van der Waals surface area (Å²) in [4.78, 5) is 13.3. The smallest absolute Gasteiger partial charge is 0.309 e. The van der Waals surface area contributed by atoms with Gasteiger partial charge in [-0.15, -0.1) is 0 Å². The van der Waals surface area contributed by atoms with Crippen molar-refractivity contribution >= 4 is 5.97 Å². The average molecular weight is 501 g/mol. The van der Waals surface area contributed by atoms with E-state index in [1.165, 1.54) is 103 Å². The van der Waals surface area contributed by atoms with Crippen LogP contribution >= 0.6 is 0 Å². The molecule has 0 fully saturated rings. The van der Waals surface area contributed by atoms with Gasteiger partial charge in [-0.25, -0.2) is 0 Å². The SMILES string of the molecule is CCCCCCCCCCCCC(CCCCCCCCCC)C(=O)OC(CCC)c1ccccc1. The van der Waals surface area contributed by atoms with E-state index in [4.69, 9.17) is 4.74 Å². The Bertz CT molecular complexity index is 596. The quantitative estimate of drug-likeness (QED) is 0.0985. The molecule has 0 saturated carbocycles. The number of carbonyl (C=O) groups excluding carboxylic acids is 1. The Morgan fingerprint density at radius 2 is 0.972 bits per heavy atom. The van der Waals surface area contributed by atoms with Crippen molar-refractivity contribution in [1.82, 2.24) is 0 Å². The van der Waals surface area contributed by atoms with E-state index in [1.54, 1.807) is 0 Å². The number of carbonyl (C=O) groups is 1. The zero-order chi connectivity index (χ0) is 26.1. The number of esters is 1. The van der Waals surface area contributed by atoms with Crippen LogP contribution in [0.25, 0.3) is 0 Å². The highest BCUT2D eigenvalue weighted by Gasteiger charge is 2.23. The van der Waals surface area contributed by atoms with Crippen LogP contribution in [-0.4, -0.2) is 5.97 Å². The van der Waals surface area contributed by atoms with Crippen LogP contribution in [0.2, 0.25) is 0 Å². The van der Waals surface area contributed by atoms with Crippen LogP contribution in [0.1, 0.15) is 174 Å². The summed E-state index contributed by atoms with van der Waals surface area (Å²) in [5, 5.41) is 0. The summed E-state index contributed by atoms with van der Waals surface area (Å²) in [6.07, 6.45) is 27.7. The molecule has 0 saturated heterocycles. The molecule has 2 unspecified atom stereocenters. The summed E-state index contributed by atoms with van der Waals surface area (Å²) >= 11 is 0. The third-order valence-corrected chi connectivity index (χ3v) is 7.63. The third kappa shape index (κ3) is 17.2. The molecular formula is C34H60O2. The van der Waals surface area contributed by atoms with Gasteiger partial charge in [0.2, 0.25) is 0 Å². The summed E-state index contributed by atoms with van der Waals surface area (Å²) in [5.41, 5.74) is 1.14. The Labute approximate surface area is 225 Å². The van der Waals surface area contributed by atoms with Crippen LogP contribution in [0, 0.1) is 5.92 Å². The van der Waals surface area contributed by atoms with Gasteiger partial charge in [0.15, 0.2) is 0 Å². The molecule has 0 N–H and O–H groups in total. The van der Waals surface area contributed by atoms with Crippen molar-refractivity contribution in [2.24, 2.45) is 5.92 Å². The molecule has 2 atom stereocenters. The first-order valence-electron chi connectivity index (χ1n) is 16.0. The topological polar surface area (TPSA) is 26.3 Å². The number of unbranched alkanes of at least 4 members (excludes halogenated alkanes) is 16. The minimum absolute atomic E-state index is 0.0520. The molecule has 0 radical (unpaired) electrons. The van der Waals surface area contributed by atoms with Crippen molar-refractivity contribution in [2.45, 2.75) is 168 Å². The number of hydrogen-bond acceptors (Lipinski definition) is 2. The Morgan fingerprint density at radius 3 is 1.39 bits per heavy atom. The molecule has 0 aliphatic rings. The fourth-order valence-corrected chi connectivity index (χ4v) is 5.24. The van der Waals surface area contributed by atoms with E-state index in [9.17, 15) is 4.79 Å². The van der Waals surface area contributed by atoms with Gasteiger partial charge >= 0.3 is 5.97 Å². The van der Waals surface area contributed by atoms with Gasteiger partial charge in [0, 0.05) is 0 Å². The number of hydrogen-bond donors (Lipinski definition) is 0. The normalized spacial score (nSPS) is 13.0. The fraction of sp³-hybridized carbons (Fsp3) is 0.794. The molecule has 1 rings (SSSR count). The predicted octanol–water partition coefficient (Wildman–Crippen LogP) is 11.5. The molecule has 1 aromatic carbocycles. The Morgan fingerprint density at radius 1 is 0.556 bits per heavy atom. The summed E-state index contributed by atoms with van der Waals surface area (Å²) in [5.74, 6) is 0.123. The van der Waals surface area contributed by atoms with E-state index in [0.29, 0.717) is 0 Å². The predicted molar refractivity (Wildman–Crippen MR) is 157 cm³/mol. The second-order valence-electron chi connectivity index (χ2n) is 11.1. The maximum Gasteiger partial charge on any atom is 0.309 e. The van der Waals surface area contributed by atoms with E-state index in [-0.39, 0.29) is 18.0 Å². The lowest BCUT2D eigenvalue weighted by Gasteiger charge is -2.22. The van der Waals surface area contributed by atoms with Crippen molar-refractivity contribution < 1.29 is 9.53 Å². The molecule has 0 spiro atoms. The van der Waals surface area contributed by atoms with Crippen molar-refractivity contribution in [2.75, 3.05) is 0 Å². The highest BCUT2D eigenvalue weighted by atomic mass is 16.5. The molecule has 208 valence electrons. The standard InChI is InChI=1S/C34H60O2/c1-4-7-9-11-13-15-16-18-20-23-30-32(29-22-19-17-14-12-10-8-5-2)34(35)36-33(26-6-3)31-27-24-21-25-28-31/h21,24-25,27-28,32-33H,4-20,22-23,26,29-30H2,1-3H3. The summed E-state index contributed by atoms with van der Waals surface area (Å²) in [6, 6.07) is 10.3. The minimum atomic E-state index is -0.0996. The molecular weight excluding hydrogens is 440 g/mol. The highest BCUT2D eigenvalue weighted by Crippen LogP contribution is 2.27. The molecule has 0 aliphatic heterocycles. The molecule has 0 aliphatic carbocycles. The molecule has 0 bridgehead atoms. The highest BCUT2D eigenvalue weighted by molar-refractivity contribution is 5.72. The summed E-state index contributed by atoms with van der Waals surface area (Å²) in [7, 11) is 0. The van der Waals surface area contributed by atoms with Crippen LogP contribution in [0.5, 0.6) is 0 Å². The van der Waals surface area contributed by atoms with Crippen molar-refractivity contribution in [3.05, 3.63) is 35.9 Å². The number of benzene rings is 1. The van der Waals surface area contributed by atoms with Crippen molar-refractivity contribution in [3.8, 4) is 0 Å². The van der Waals surface area contributed by atoms with Crippen LogP contribution < -0.4 is 0 Å². The van der Waals surface area contributed by atoms with E-state index >= 15 is 0 Å². The summed E-state index contributed by atoms with van der Waals surface area (Å²) < 4.78 is 6.16. The monoisotopic (exact) mass is 500 g/mol. The van der Waals surface area contributed by atoms with Crippen LogP contribution in [0.15, 0.2) is 30.3 Å². The van der Waals surface area contributed by atoms with Gasteiger partial charge in [0.1, 0.15) is 6.10 Å². The maximum absolute atomic E-state index is 13.3. The van der Waals surface area contributed by atoms with Crippen LogP contribution in [-0.2, 0) is 9.53 Å². The van der Waals surface area contributed by atoms with E-state index in [2.05, 4.69) is 32.9 Å². The maximum atomic E-state index is 13.3. The van der Waals surface area contributed by atoms with Gasteiger partial charge < -0.3 is 4.74 Å². The Kier molecular flexibility index (Phi) is 21.9. The third-order valence-electron chi connectivity index (χ3n) is 7.63. The average Bonchev–Trinajstić information content (AvgIpc) is 2.90. The van der Waals surface area contributed by atoms with Gasteiger partial charge in [-0.1, -0.05) is 173 Å². The number of ether oxygens (including phenoxy) is 1. The first-order chi connectivity index (χ1) is 17.7. The van der Waals surface area contributed by atoms with Crippen molar-refractivity contribution in [3.63, 3.8) is 0 Å². The first-order valence-corrected chi connectivity index (χ1v) is 16.0. The Hall–Kier alpha value is -1.31. The van der Waals surface area contributed by atoms with E-state index in [1.807, 2.05) is 18.2 Å². The van der Waals surface area contributed by atoms with Gasteiger partial charge in [0.05, 0.1) is 5.92 Å². The fourth-order valence-electron chi connectivity index (χ4n) is 5.24. The molecule has 2 heteroatoms. The van der Waals surface area contributed by atoms with Gasteiger partial charge in [-0.05, 0) is 24.8 Å². The van der Waals surface area contributed by atoms with Crippen LogP contribution in [0.3, 0.4) is 0 Å². The lowest BCUT2D eigenvalue weighted by molar-refractivity contribution is -0.155. The first kappa shape index (κ1) is 32.7. The lowest BCUT2D eigenvalue weighted by Crippen LogP contribution is -2.21. The van der Waals surface area contributed by atoms with Gasteiger partial charge in [-0.2, -0.15) is 0 Å². The second kappa shape index (κ2) is 24.1. The zero-order valence-corrected chi connectivity index (χ0v) is 24.4. The zero-order valence-electron chi connectivity index (χ0n) is 24.4.